The topological polar surface area (TPSA) is 89.3 Å². The Morgan fingerprint density at radius 3 is 2.43 bits per heavy atom. The first-order valence-electron chi connectivity index (χ1n) is 4.56. The molecule has 0 heterocycles. The van der Waals surface area contributed by atoms with Crippen molar-refractivity contribution in [3.63, 3.8) is 0 Å². The highest BCUT2D eigenvalue weighted by Gasteiger charge is 2.48. The molecule has 5 nitrogen and oxygen atoms in total. The van der Waals surface area contributed by atoms with Crippen LogP contribution in [0.3, 0.4) is 0 Å². The molecule has 14 heavy (non-hydrogen) atoms. The molecule has 1 amide bonds. The van der Waals surface area contributed by atoms with Gasteiger partial charge in [0.1, 0.15) is 9.84 Å². The highest BCUT2D eigenvalue weighted by Crippen LogP contribution is 2.44. The summed E-state index contributed by atoms with van der Waals surface area (Å²) < 4.78 is 21.5. The van der Waals surface area contributed by atoms with E-state index in [1.165, 1.54) is 0 Å². The summed E-state index contributed by atoms with van der Waals surface area (Å²) in [6.45, 7) is 0.525. The Morgan fingerprint density at radius 2 is 2.07 bits per heavy atom. The van der Waals surface area contributed by atoms with Gasteiger partial charge in [-0.2, -0.15) is 0 Å². The summed E-state index contributed by atoms with van der Waals surface area (Å²) in [5.41, 5.74) is 5.06. The van der Waals surface area contributed by atoms with Gasteiger partial charge in [-0.25, -0.2) is 8.42 Å². The molecule has 0 bridgehead atoms. The van der Waals surface area contributed by atoms with Gasteiger partial charge >= 0.3 is 0 Å². The number of nitrogens with one attached hydrogen (secondary N) is 1. The van der Waals surface area contributed by atoms with Crippen LogP contribution in [0.4, 0.5) is 0 Å². The van der Waals surface area contributed by atoms with E-state index in [1.807, 2.05) is 0 Å². The zero-order chi connectivity index (χ0) is 10.8. The zero-order valence-electron chi connectivity index (χ0n) is 8.25. The number of hydrogen-bond donors (Lipinski definition) is 2. The van der Waals surface area contributed by atoms with Crippen molar-refractivity contribution in [2.24, 2.45) is 11.1 Å². The maximum atomic E-state index is 11.5. The monoisotopic (exact) mass is 220 g/mol. The smallest absolute Gasteiger partial charge is 0.227 e. The maximum Gasteiger partial charge on any atom is 0.227 e. The Bertz CT molecular complexity index is 319. The Labute approximate surface area is 84.0 Å². The van der Waals surface area contributed by atoms with Gasteiger partial charge in [0, 0.05) is 19.3 Å². The maximum absolute atomic E-state index is 11.5. The normalized spacial score (nSPS) is 19.0. The summed E-state index contributed by atoms with van der Waals surface area (Å²) >= 11 is 0. The molecule has 0 atom stereocenters. The van der Waals surface area contributed by atoms with E-state index in [4.69, 9.17) is 5.73 Å². The van der Waals surface area contributed by atoms with Gasteiger partial charge in [0.25, 0.3) is 0 Å². The molecule has 1 saturated carbocycles. The van der Waals surface area contributed by atoms with Crippen molar-refractivity contribution in [1.29, 1.82) is 0 Å². The fourth-order valence-corrected chi connectivity index (χ4v) is 1.69. The van der Waals surface area contributed by atoms with Crippen LogP contribution < -0.4 is 11.1 Å². The van der Waals surface area contributed by atoms with E-state index in [2.05, 4.69) is 5.32 Å². The van der Waals surface area contributed by atoms with Crippen LogP contribution >= 0.6 is 0 Å². The summed E-state index contributed by atoms with van der Waals surface area (Å²) in [7, 11) is -3.00. The summed E-state index contributed by atoms with van der Waals surface area (Å²) in [5.74, 6) is -0.122. The summed E-state index contributed by atoms with van der Waals surface area (Å²) in [6.07, 6.45) is 2.78. The lowest BCUT2D eigenvalue weighted by Crippen LogP contribution is -2.38. The Kier molecular flexibility index (Phi) is 3.16. The lowest BCUT2D eigenvalue weighted by Gasteiger charge is -2.11. The van der Waals surface area contributed by atoms with Crippen molar-refractivity contribution in [2.75, 3.05) is 25.1 Å². The fourth-order valence-electron chi connectivity index (χ4n) is 1.21. The first-order valence-corrected chi connectivity index (χ1v) is 6.62. The molecule has 0 aliphatic heterocycles. The average molecular weight is 220 g/mol. The predicted molar refractivity (Wildman–Crippen MR) is 53.4 cm³/mol. The molecule has 3 N–H and O–H groups in total. The molecule has 1 aliphatic carbocycles. The standard InChI is InChI=1S/C8H16N2O3S/c1-14(12,13)5-4-10-7(11)8(6-9)2-3-8/h2-6,9H2,1H3,(H,10,11). The zero-order valence-corrected chi connectivity index (χ0v) is 9.06. The van der Waals surface area contributed by atoms with Crippen molar-refractivity contribution in [3.8, 4) is 0 Å². The van der Waals surface area contributed by atoms with Gasteiger partial charge in [0.15, 0.2) is 0 Å². The molecule has 0 aromatic heterocycles. The summed E-state index contributed by atoms with van der Waals surface area (Å²) in [4.78, 5) is 11.5. The molecule has 0 aromatic rings. The number of nitrogens with two attached hydrogens (primary N) is 1. The molecule has 1 rings (SSSR count). The van der Waals surface area contributed by atoms with E-state index in [0.717, 1.165) is 19.1 Å². The van der Waals surface area contributed by atoms with Gasteiger partial charge in [0.2, 0.25) is 5.91 Å². The largest absolute Gasteiger partial charge is 0.355 e. The summed E-state index contributed by atoms with van der Waals surface area (Å²) in [6, 6.07) is 0. The van der Waals surface area contributed by atoms with Crippen molar-refractivity contribution >= 4 is 15.7 Å². The first kappa shape index (κ1) is 11.5. The van der Waals surface area contributed by atoms with E-state index in [-0.39, 0.29) is 18.2 Å². The van der Waals surface area contributed by atoms with Crippen LogP contribution in [0.5, 0.6) is 0 Å². The first-order chi connectivity index (χ1) is 6.40. The van der Waals surface area contributed by atoms with Crippen molar-refractivity contribution in [3.05, 3.63) is 0 Å². The minimum absolute atomic E-state index is 0.0145. The van der Waals surface area contributed by atoms with E-state index < -0.39 is 15.3 Å². The minimum Gasteiger partial charge on any atom is -0.355 e. The van der Waals surface area contributed by atoms with E-state index in [9.17, 15) is 13.2 Å². The number of carbonyl (C=O) groups excluding carboxylic acids is 1. The van der Waals surface area contributed by atoms with E-state index >= 15 is 0 Å². The van der Waals surface area contributed by atoms with Crippen LogP contribution in [0.25, 0.3) is 0 Å². The molecule has 1 aliphatic rings. The van der Waals surface area contributed by atoms with Crippen LogP contribution in [0.2, 0.25) is 0 Å². The third-order valence-electron chi connectivity index (χ3n) is 2.48. The average Bonchev–Trinajstić information content (AvgIpc) is 2.81. The number of sulfone groups is 1. The van der Waals surface area contributed by atoms with E-state index in [0.29, 0.717) is 6.54 Å². The second kappa shape index (κ2) is 3.86. The van der Waals surface area contributed by atoms with Crippen LogP contribution in [-0.2, 0) is 14.6 Å². The molecule has 0 aromatic carbocycles. The summed E-state index contributed by atoms with van der Waals surface area (Å²) in [5, 5.41) is 2.59. The molecule has 0 saturated heterocycles. The molecule has 0 radical (unpaired) electrons. The van der Waals surface area contributed by atoms with Gasteiger partial charge in [-0.3, -0.25) is 4.79 Å². The second-order valence-electron chi connectivity index (χ2n) is 3.87. The van der Waals surface area contributed by atoms with Gasteiger partial charge < -0.3 is 11.1 Å². The van der Waals surface area contributed by atoms with Crippen molar-refractivity contribution < 1.29 is 13.2 Å². The highest BCUT2D eigenvalue weighted by atomic mass is 32.2. The number of hydrogen-bond acceptors (Lipinski definition) is 4. The lowest BCUT2D eigenvalue weighted by atomic mass is 10.1. The van der Waals surface area contributed by atoms with Crippen LogP contribution in [-0.4, -0.2) is 39.4 Å². The quantitative estimate of drug-likeness (QED) is 0.614. The highest BCUT2D eigenvalue weighted by molar-refractivity contribution is 7.90. The van der Waals surface area contributed by atoms with Crippen LogP contribution in [0.1, 0.15) is 12.8 Å². The van der Waals surface area contributed by atoms with E-state index in [1.54, 1.807) is 0 Å². The van der Waals surface area contributed by atoms with Gasteiger partial charge in [-0.15, -0.1) is 0 Å². The fraction of sp³-hybridized carbons (Fsp3) is 0.875. The number of rotatable bonds is 5. The lowest BCUT2D eigenvalue weighted by molar-refractivity contribution is -0.125. The van der Waals surface area contributed by atoms with Crippen molar-refractivity contribution in [1.82, 2.24) is 5.32 Å². The molecule has 0 unspecified atom stereocenters. The number of amides is 1. The third-order valence-corrected chi connectivity index (χ3v) is 3.43. The SMILES string of the molecule is CS(=O)(=O)CCNC(=O)C1(CN)CC1. The van der Waals surface area contributed by atoms with Crippen molar-refractivity contribution in [2.45, 2.75) is 12.8 Å². The number of carbonyl (C=O) groups is 1. The van der Waals surface area contributed by atoms with Gasteiger partial charge in [0.05, 0.1) is 11.2 Å². The Balaban J connectivity index is 2.29. The van der Waals surface area contributed by atoms with Gasteiger partial charge in [-0.1, -0.05) is 0 Å². The predicted octanol–water partition coefficient (Wildman–Crippen LogP) is -1.11. The molecule has 6 heteroatoms. The minimum atomic E-state index is -3.00. The molecular weight excluding hydrogens is 204 g/mol. The van der Waals surface area contributed by atoms with Crippen LogP contribution in [0, 0.1) is 5.41 Å². The molecule has 1 fully saturated rings. The molecule has 82 valence electrons. The third kappa shape index (κ3) is 2.95. The van der Waals surface area contributed by atoms with Crippen LogP contribution in [0.15, 0.2) is 0 Å². The Morgan fingerprint density at radius 1 is 1.50 bits per heavy atom. The molecule has 0 spiro atoms. The van der Waals surface area contributed by atoms with Gasteiger partial charge in [-0.05, 0) is 12.8 Å². The molecular formula is C8H16N2O3S. The Hall–Kier alpha value is -0.620. The second-order valence-corrected chi connectivity index (χ2v) is 6.13.